The second-order valence-corrected chi connectivity index (χ2v) is 8.66. The van der Waals surface area contributed by atoms with Crippen molar-refractivity contribution in [2.45, 2.75) is 6.54 Å². The lowest BCUT2D eigenvalue weighted by Gasteiger charge is -2.26. The van der Waals surface area contributed by atoms with Crippen molar-refractivity contribution in [1.82, 2.24) is 9.88 Å². The van der Waals surface area contributed by atoms with Gasteiger partial charge in [-0.2, -0.15) is 0 Å². The largest absolute Gasteiger partial charge is 0.342 e. The lowest BCUT2D eigenvalue weighted by Crippen LogP contribution is -2.54. The number of halogens is 2. The molecule has 2 heterocycles. The number of anilines is 1. The van der Waals surface area contributed by atoms with E-state index in [0.29, 0.717) is 27.8 Å². The van der Waals surface area contributed by atoms with E-state index >= 15 is 0 Å². The summed E-state index contributed by atoms with van der Waals surface area (Å²) in [5.74, 6) is -1.44. The Morgan fingerprint density at radius 3 is 2.18 bits per heavy atom. The first-order chi connectivity index (χ1) is 16.4. The van der Waals surface area contributed by atoms with Crippen molar-refractivity contribution >= 4 is 63.7 Å². The smallest absolute Gasteiger partial charge is 0.335 e. The molecule has 0 aliphatic carbocycles. The van der Waals surface area contributed by atoms with Crippen molar-refractivity contribution in [2.24, 2.45) is 0 Å². The van der Waals surface area contributed by atoms with Gasteiger partial charge >= 0.3 is 6.03 Å². The van der Waals surface area contributed by atoms with Gasteiger partial charge in [0, 0.05) is 39.3 Å². The van der Waals surface area contributed by atoms with Crippen LogP contribution in [0.25, 0.3) is 17.0 Å². The summed E-state index contributed by atoms with van der Waals surface area (Å²) < 4.78 is 2.04. The molecule has 1 aliphatic heterocycles. The van der Waals surface area contributed by atoms with E-state index in [1.807, 2.05) is 59.3 Å². The number of rotatable bonds is 4. The van der Waals surface area contributed by atoms with Crippen LogP contribution < -0.4 is 10.2 Å². The quantitative estimate of drug-likeness (QED) is 0.296. The standard InChI is InChI=1S/C26H17Cl2N3O3/c27-18-7-5-16(6-8-18)14-30-15-17(21-3-1-2-4-23(21)30)13-22-24(32)29-26(34)31(25(22)33)20-11-9-19(28)10-12-20/h1-13,15H,14H2,(H,29,32,34)/b22-13+. The van der Waals surface area contributed by atoms with E-state index in [4.69, 9.17) is 23.2 Å². The maximum atomic E-state index is 13.2. The van der Waals surface area contributed by atoms with E-state index in [9.17, 15) is 14.4 Å². The van der Waals surface area contributed by atoms with Crippen LogP contribution in [-0.2, 0) is 16.1 Å². The summed E-state index contributed by atoms with van der Waals surface area (Å²) in [5, 5.41) is 4.25. The zero-order valence-electron chi connectivity index (χ0n) is 17.7. The number of fused-ring (bicyclic) bond motifs is 1. The Kier molecular flexibility index (Phi) is 5.69. The Hall–Kier alpha value is -3.87. The number of para-hydroxylation sites is 1. The highest BCUT2D eigenvalue weighted by Crippen LogP contribution is 2.28. The average molecular weight is 490 g/mol. The number of hydrogen-bond donors (Lipinski definition) is 1. The van der Waals surface area contributed by atoms with Crippen LogP contribution in [0.3, 0.4) is 0 Å². The molecular weight excluding hydrogens is 473 g/mol. The summed E-state index contributed by atoms with van der Waals surface area (Å²) >= 11 is 11.9. The predicted molar refractivity (Wildman–Crippen MR) is 133 cm³/mol. The van der Waals surface area contributed by atoms with Gasteiger partial charge in [-0.25, -0.2) is 9.69 Å². The molecule has 1 aromatic heterocycles. The molecule has 0 unspecified atom stereocenters. The molecular formula is C26H17Cl2N3O3. The molecule has 5 rings (SSSR count). The van der Waals surface area contributed by atoms with Crippen molar-refractivity contribution in [3.05, 3.63) is 106 Å². The van der Waals surface area contributed by atoms with Gasteiger partial charge < -0.3 is 4.57 Å². The van der Waals surface area contributed by atoms with E-state index in [1.165, 1.54) is 6.08 Å². The van der Waals surface area contributed by atoms with Crippen LogP contribution in [0.15, 0.2) is 84.6 Å². The van der Waals surface area contributed by atoms with Crippen LogP contribution in [0.5, 0.6) is 0 Å². The van der Waals surface area contributed by atoms with Gasteiger partial charge in [0.1, 0.15) is 5.57 Å². The Balaban J connectivity index is 1.56. The van der Waals surface area contributed by atoms with Crippen LogP contribution in [0.1, 0.15) is 11.1 Å². The SMILES string of the molecule is O=C1NC(=O)N(c2ccc(Cl)cc2)C(=O)/C1=C/c1cn(Cc2ccc(Cl)cc2)c2ccccc12. The van der Waals surface area contributed by atoms with E-state index in [0.717, 1.165) is 21.4 Å². The van der Waals surface area contributed by atoms with E-state index in [1.54, 1.807) is 24.3 Å². The van der Waals surface area contributed by atoms with Crippen molar-refractivity contribution in [2.75, 3.05) is 4.90 Å². The second-order valence-electron chi connectivity index (χ2n) is 7.79. The summed E-state index contributed by atoms with van der Waals surface area (Å²) in [6.07, 6.45) is 3.41. The lowest BCUT2D eigenvalue weighted by atomic mass is 10.1. The fourth-order valence-electron chi connectivity index (χ4n) is 3.95. The molecule has 4 aromatic rings. The zero-order chi connectivity index (χ0) is 23.8. The van der Waals surface area contributed by atoms with Gasteiger partial charge in [0.15, 0.2) is 0 Å². The zero-order valence-corrected chi connectivity index (χ0v) is 19.2. The number of nitrogens with zero attached hydrogens (tertiary/aromatic N) is 2. The summed E-state index contributed by atoms with van der Waals surface area (Å²) in [7, 11) is 0. The van der Waals surface area contributed by atoms with E-state index in [-0.39, 0.29) is 5.57 Å². The monoisotopic (exact) mass is 489 g/mol. The molecule has 1 N–H and O–H groups in total. The number of hydrogen-bond acceptors (Lipinski definition) is 3. The lowest BCUT2D eigenvalue weighted by molar-refractivity contribution is -0.122. The van der Waals surface area contributed by atoms with E-state index < -0.39 is 17.8 Å². The van der Waals surface area contributed by atoms with Crippen molar-refractivity contribution in [3.63, 3.8) is 0 Å². The Morgan fingerprint density at radius 1 is 0.824 bits per heavy atom. The van der Waals surface area contributed by atoms with Crippen LogP contribution >= 0.6 is 23.2 Å². The predicted octanol–water partition coefficient (Wildman–Crippen LogP) is 5.66. The van der Waals surface area contributed by atoms with Gasteiger partial charge in [-0.1, -0.05) is 53.5 Å². The molecule has 0 atom stereocenters. The first-order valence-electron chi connectivity index (χ1n) is 10.4. The molecule has 3 aromatic carbocycles. The molecule has 168 valence electrons. The fourth-order valence-corrected chi connectivity index (χ4v) is 4.20. The number of urea groups is 1. The van der Waals surface area contributed by atoms with Crippen molar-refractivity contribution in [3.8, 4) is 0 Å². The van der Waals surface area contributed by atoms with Crippen molar-refractivity contribution in [1.29, 1.82) is 0 Å². The Labute approximate surface area is 205 Å². The van der Waals surface area contributed by atoms with Crippen LogP contribution in [0, 0.1) is 0 Å². The van der Waals surface area contributed by atoms with Gasteiger partial charge in [-0.15, -0.1) is 0 Å². The highest BCUT2D eigenvalue weighted by molar-refractivity contribution is 6.39. The Morgan fingerprint density at radius 2 is 1.47 bits per heavy atom. The first kappa shape index (κ1) is 21.9. The Bertz CT molecular complexity index is 1470. The maximum absolute atomic E-state index is 13.2. The molecule has 1 fully saturated rings. The normalized spacial score (nSPS) is 15.3. The number of aromatic nitrogens is 1. The molecule has 34 heavy (non-hydrogen) atoms. The molecule has 0 saturated carbocycles. The van der Waals surface area contributed by atoms with Gasteiger partial charge in [0.25, 0.3) is 11.8 Å². The number of nitrogens with one attached hydrogen (secondary N) is 1. The number of carbonyl (C=O) groups excluding carboxylic acids is 3. The highest BCUT2D eigenvalue weighted by Gasteiger charge is 2.37. The highest BCUT2D eigenvalue weighted by atomic mass is 35.5. The maximum Gasteiger partial charge on any atom is 0.335 e. The van der Waals surface area contributed by atoms with Crippen molar-refractivity contribution < 1.29 is 14.4 Å². The van der Waals surface area contributed by atoms with Gasteiger partial charge in [0.05, 0.1) is 5.69 Å². The molecule has 0 spiro atoms. The van der Waals surface area contributed by atoms with Gasteiger partial charge in [0.2, 0.25) is 0 Å². The third-order valence-electron chi connectivity index (χ3n) is 5.57. The summed E-state index contributed by atoms with van der Waals surface area (Å²) in [6.45, 7) is 0.580. The van der Waals surface area contributed by atoms with Crippen LogP contribution in [-0.4, -0.2) is 22.4 Å². The third kappa shape index (κ3) is 4.09. The molecule has 0 radical (unpaired) electrons. The minimum absolute atomic E-state index is 0.135. The summed E-state index contributed by atoms with van der Waals surface area (Å²) in [4.78, 5) is 39.2. The van der Waals surface area contributed by atoms with Gasteiger partial charge in [-0.05, 0) is 54.1 Å². The number of imide groups is 2. The van der Waals surface area contributed by atoms with Crippen LogP contribution in [0.2, 0.25) is 10.0 Å². The number of barbiturate groups is 1. The minimum Gasteiger partial charge on any atom is -0.342 e. The number of benzene rings is 3. The average Bonchev–Trinajstić information content (AvgIpc) is 3.16. The summed E-state index contributed by atoms with van der Waals surface area (Å²) in [6, 6.07) is 20.7. The molecule has 4 amide bonds. The molecule has 8 heteroatoms. The summed E-state index contributed by atoms with van der Waals surface area (Å²) in [5.41, 5.74) is 2.86. The molecule has 6 nitrogen and oxygen atoms in total. The molecule has 0 bridgehead atoms. The topological polar surface area (TPSA) is 71.4 Å². The number of amides is 4. The van der Waals surface area contributed by atoms with Crippen LogP contribution in [0.4, 0.5) is 10.5 Å². The van der Waals surface area contributed by atoms with E-state index in [2.05, 4.69) is 5.32 Å². The third-order valence-corrected chi connectivity index (χ3v) is 6.08. The second kappa shape index (κ2) is 8.82. The molecule has 1 aliphatic rings. The van der Waals surface area contributed by atoms with Gasteiger partial charge in [-0.3, -0.25) is 14.9 Å². The molecule has 1 saturated heterocycles. The minimum atomic E-state index is -0.806. The number of carbonyl (C=O) groups is 3. The first-order valence-corrected chi connectivity index (χ1v) is 11.2. The fraction of sp³-hybridized carbons (Fsp3) is 0.0385.